The lowest BCUT2D eigenvalue weighted by Crippen LogP contribution is -2.43. The lowest BCUT2D eigenvalue weighted by molar-refractivity contribution is 0.0128. The molecular formula is C16H19FN2O4S. The number of hydrogen-bond acceptors (Lipinski definition) is 5. The largest absolute Gasteiger partial charge is 0.468 e. The molecule has 6 nitrogen and oxygen atoms in total. The molecule has 24 heavy (non-hydrogen) atoms. The van der Waals surface area contributed by atoms with E-state index in [1.807, 2.05) is 0 Å². The maximum atomic E-state index is 13.8. The van der Waals surface area contributed by atoms with Crippen LogP contribution in [0.5, 0.6) is 0 Å². The first kappa shape index (κ1) is 17.1. The summed E-state index contributed by atoms with van der Waals surface area (Å²) in [5.41, 5.74) is 0. The summed E-state index contributed by atoms with van der Waals surface area (Å²) < 4.78 is 51.8. The highest BCUT2D eigenvalue weighted by molar-refractivity contribution is 7.89. The van der Waals surface area contributed by atoms with Crippen molar-refractivity contribution in [3.63, 3.8) is 0 Å². The highest BCUT2D eigenvalue weighted by atomic mass is 32.2. The Kier molecular flexibility index (Phi) is 5.30. The Hall–Kier alpha value is -1.74. The van der Waals surface area contributed by atoms with Crippen LogP contribution in [-0.4, -0.2) is 46.2 Å². The lowest BCUT2D eigenvalue weighted by Gasteiger charge is -2.33. The van der Waals surface area contributed by atoms with E-state index < -0.39 is 15.8 Å². The van der Waals surface area contributed by atoms with Crippen LogP contribution in [0.15, 0.2) is 52.0 Å². The van der Waals surface area contributed by atoms with E-state index in [4.69, 9.17) is 9.15 Å². The van der Waals surface area contributed by atoms with Gasteiger partial charge in [-0.2, -0.15) is 0 Å². The highest BCUT2D eigenvalue weighted by Gasteiger charge is 2.27. The molecule has 3 rings (SSSR count). The molecule has 0 spiro atoms. The number of sulfonamides is 1. The molecule has 2 aromatic rings. The third kappa shape index (κ3) is 3.84. The molecule has 0 radical (unpaired) electrons. The Labute approximate surface area is 140 Å². The molecule has 2 heterocycles. The number of halogens is 1. The summed E-state index contributed by atoms with van der Waals surface area (Å²) in [6, 6.07) is 8.60. The minimum absolute atomic E-state index is 0.0875. The molecule has 1 aliphatic rings. The second kappa shape index (κ2) is 7.43. The first-order valence-electron chi connectivity index (χ1n) is 7.67. The van der Waals surface area contributed by atoms with Crippen LogP contribution >= 0.6 is 0 Å². The van der Waals surface area contributed by atoms with Gasteiger partial charge < -0.3 is 9.15 Å². The Morgan fingerprint density at radius 2 is 1.92 bits per heavy atom. The van der Waals surface area contributed by atoms with Gasteiger partial charge in [0, 0.05) is 19.6 Å². The maximum Gasteiger partial charge on any atom is 0.243 e. The van der Waals surface area contributed by atoms with Gasteiger partial charge in [-0.05, 0) is 24.3 Å². The van der Waals surface area contributed by atoms with E-state index in [-0.39, 0.29) is 17.5 Å². The van der Waals surface area contributed by atoms with Crippen LogP contribution in [-0.2, 0) is 14.8 Å². The fourth-order valence-corrected chi connectivity index (χ4v) is 3.82. The third-order valence-electron chi connectivity index (χ3n) is 3.95. The molecule has 1 unspecified atom stereocenters. The Morgan fingerprint density at radius 3 is 2.58 bits per heavy atom. The van der Waals surface area contributed by atoms with Gasteiger partial charge in [-0.15, -0.1) is 0 Å². The van der Waals surface area contributed by atoms with Gasteiger partial charge in [0.2, 0.25) is 10.0 Å². The van der Waals surface area contributed by atoms with Crippen molar-refractivity contribution < 1.29 is 22.0 Å². The van der Waals surface area contributed by atoms with E-state index in [1.54, 1.807) is 18.4 Å². The Morgan fingerprint density at radius 1 is 1.17 bits per heavy atom. The zero-order valence-electron chi connectivity index (χ0n) is 13.0. The van der Waals surface area contributed by atoms with Crippen molar-refractivity contribution in [1.82, 2.24) is 9.62 Å². The van der Waals surface area contributed by atoms with E-state index in [9.17, 15) is 12.8 Å². The van der Waals surface area contributed by atoms with Crippen molar-refractivity contribution in [1.29, 1.82) is 0 Å². The SMILES string of the molecule is O=S(=O)(NCC(c1ccco1)N1CCOCC1)c1ccccc1F. The zero-order valence-corrected chi connectivity index (χ0v) is 13.8. The van der Waals surface area contributed by atoms with Crippen LogP contribution < -0.4 is 4.72 Å². The third-order valence-corrected chi connectivity index (χ3v) is 5.41. The number of furan rings is 1. The first-order chi connectivity index (χ1) is 11.6. The molecule has 1 N–H and O–H groups in total. The fourth-order valence-electron chi connectivity index (χ4n) is 2.71. The van der Waals surface area contributed by atoms with Crippen molar-refractivity contribution in [3.8, 4) is 0 Å². The Bertz CT molecular complexity index is 758. The summed E-state index contributed by atoms with van der Waals surface area (Å²) in [4.78, 5) is 1.73. The number of morpholine rings is 1. The van der Waals surface area contributed by atoms with Gasteiger partial charge in [-0.25, -0.2) is 17.5 Å². The number of rotatable bonds is 6. The summed E-state index contributed by atoms with van der Waals surface area (Å²) in [7, 11) is -3.94. The minimum atomic E-state index is -3.94. The first-order valence-corrected chi connectivity index (χ1v) is 9.15. The maximum absolute atomic E-state index is 13.8. The quantitative estimate of drug-likeness (QED) is 0.856. The van der Waals surface area contributed by atoms with Crippen LogP contribution in [0, 0.1) is 5.82 Å². The van der Waals surface area contributed by atoms with Crippen LogP contribution in [0.3, 0.4) is 0 Å². The van der Waals surface area contributed by atoms with E-state index in [0.717, 1.165) is 6.07 Å². The van der Waals surface area contributed by atoms with Gasteiger partial charge >= 0.3 is 0 Å². The van der Waals surface area contributed by atoms with Crippen LogP contribution in [0.25, 0.3) is 0 Å². The van der Waals surface area contributed by atoms with Gasteiger partial charge in [0.05, 0.1) is 25.5 Å². The smallest absolute Gasteiger partial charge is 0.243 e. The number of nitrogens with zero attached hydrogens (tertiary/aromatic N) is 1. The van der Waals surface area contributed by atoms with Crippen molar-refractivity contribution in [2.75, 3.05) is 32.8 Å². The van der Waals surface area contributed by atoms with Gasteiger partial charge in [-0.1, -0.05) is 12.1 Å². The molecule has 1 aromatic carbocycles. The van der Waals surface area contributed by atoms with Crippen molar-refractivity contribution in [2.24, 2.45) is 0 Å². The molecule has 1 fully saturated rings. The second-order valence-corrected chi connectivity index (χ2v) is 7.20. The second-order valence-electron chi connectivity index (χ2n) is 5.46. The molecule has 130 valence electrons. The van der Waals surface area contributed by atoms with Gasteiger partial charge in [0.15, 0.2) is 0 Å². The van der Waals surface area contributed by atoms with Crippen LogP contribution in [0.4, 0.5) is 4.39 Å². The number of hydrogen-bond donors (Lipinski definition) is 1. The Balaban J connectivity index is 1.77. The highest BCUT2D eigenvalue weighted by Crippen LogP contribution is 2.23. The molecule has 1 saturated heterocycles. The van der Waals surface area contributed by atoms with E-state index in [1.165, 1.54) is 18.2 Å². The van der Waals surface area contributed by atoms with Crippen molar-refractivity contribution in [3.05, 3.63) is 54.2 Å². The zero-order chi connectivity index (χ0) is 17.0. The summed E-state index contributed by atoms with van der Waals surface area (Å²) in [5.74, 6) is -0.112. The topological polar surface area (TPSA) is 71.8 Å². The molecule has 1 atom stereocenters. The lowest BCUT2D eigenvalue weighted by atomic mass is 10.2. The van der Waals surface area contributed by atoms with Crippen molar-refractivity contribution >= 4 is 10.0 Å². The molecule has 0 aliphatic carbocycles. The number of ether oxygens (including phenoxy) is 1. The van der Waals surface area contributed by atoms with Gasteiger partial charge in [0.25, 0.3) is 0 Å². The molecule has 0 saturated carbocycles. The average Bonchev–Trinajstić information content (AvgIpc) is 3.10. The number of nitrogens with one attached hydrogen (secondary N) is 1. The molecular weight excluding hydrogens is 335 g/mol. The van der Waals surface area contributed by atoms with Crippen LogP contribution in [0.1, 0.15) is 11.8 Å². The molecule has 8 heteroatoms. The summed E-state index contributed by atoms with van der Waals surface area (Å²) >= 11 is 0. The number of benzene rings is 1. The predicted octanol–water partition coefficient (Wildman–Crippen LogP) is 1.77. The summed E-state index contributed by atoms with van der Waals surface area (Å²) in [6.07, 6.45) is 1.55. The van der Waals surface area contributed by atoms with E-state index in [2.05, 4.69) is 9.62 Å². The van der Waals surface area contributed by atoms with Gasteiger partial charge in [0.1, 0.15) is 16.5 Å². The molecule has 1 aliphatic heterocycles. The minimum Gasteiger partial charge on any atom is -0.468 e. The average molecular weight is 354 g/mol. The summed E-state index contributed by atoms with van der Waals surface area (Å²) in [5, 5.41) is 0. The standard InChI is InChI=1S/C16H19FN2O4S/c17-13-4-1-2-6-16(13)24(20,21)18-12-14(15-5-3-9-23-15)19-7-10-22-11-8-19/h1-6,9,14,18H,7-8,10-12H2. The van der Waals surface area contributed by atoms with Crippen molar-refractivity contribution in [2.45, 2.75) is 10.9 Å². The molecule has 0 amide bonds. The predicted molar refractivity (Wildman–Crippen MR) is 85.4 cm³/mol. The molecule has 0 bridgehead atoms. The fraction of sp³-hybridized carbons (Fsp3) is 0.375. The normalized spacial score (nSPS) is 17.7. The van der Waals surface area contributed by atoms with E-state index >= 15 is 0 Å². The summed E-state index contributed by atoms with van der Waals surface area (Å²) in [6.45, 7) is 2.60. The monoisotopic (exact) mass is 354 g/mol. The molecule has 1 aromatic heterocycles. The van der Waals surface area contributed by atoms with E-state index in [0.29, 0.717) is 32.1 Å². The van der Waals surface area contributed by atoms with Gasteiger partial charge in [-0.3, -0.25) is 4.90 Å². The van der Waals surface area contributed by atoms with Crippen LogP contribution in [0.2, 0.25) is 0 Å².